The Morgan fingerprint density at radius 1 is 1.26 bits per heavy atom. The quantitative estimate of drug-likeness (QED) is 0.883. The molecule has 0 aliphatic carbocycles. The molecule has 1 aliphatic rings. The van der Waals surface area contributed by atoms with Gasteiger partial charge in [-0.3, -0.25) is 0 Å². The molecule has 0 amide bonds. The lowest BCUT2D eigenvalue weighted by atomic mass is 9.75. The van der Waals surface area contributed by atoms with Gasteiger partial charge in [-0.15, -0.1) is 0 Å². The van der Waals surface area contributed by atoms with Gasteiger partial charge in [0.15, 0.2) is 0 Å². The van der Waals surface area contributed by atoms with Gasteiger partial charge in [0.1, 0.15) is 17.6 Å². The Morgan fingerprint density at radius 3 is 2.84 bits per heavy atom. The normalized spacial score (nSPS) is 23.5. The third-order valence-electron chi connectivity index (χ3n) is 3.83. The Morgan fingerprint density at radius 2 is 2.11 bits per heavy atom. The molecular weight excluding hydrogens is 242 g/mol. The van der Waals surface area contributed by atoms with Crippen LogP contribution in [0.4, 0.5) is 0 Å². The van der Waals surface area contributed by atoms with E-state index in [0.29, 0.717) is 25.3 Å². The summed E-state index contributed by atoms with van der Waals surface area (Å²) in [5.41, 5.74) is 6.46. The second-order valence-electron chi connectivity index (χ2n) is 5.06. The molecule has 0 bridgehead atoms. The van der Waals surface area contributed by atoms with E-state index in [1.165, 1.54) is 0 Å². The van der Waals surface area contributed by atoms with Crippen LogP contribution < -0.4 is 10.5 Å². The van der Waals surface area contributed by atoms with E-state index in [-0.39, 0.29) is 0 Å². The highest BCUT2D eigenvalue weighted by Crippen LogP contribution is 2.42. The summed E-state index contributed by atoms with van der Waals surface area (Å²) in [6, 6.07) is 11.4. The summed E-state index contributed by atoms with van der Waals surface area (Å²) in [5.74, 6) is 1.41. The van der Waals surface area contributed by atoms with Crippen molar-refractivity contribution in [1.29, 1.82) is 0 Å². The lowest BCUT2D eigenvalue weighted by Crippen LogP contribution is -2.45. The van der Waals surface area contributed by atoms with Gasteiger partial charge >= 0.3 is 0 Å². The average Bonchev–Trinajstić information content (AvgIpc) is 3.00. The maximum Gasteiger partial charge on any atom is 0.133 e. The van der Waals surface area contributed by atoms with Gasteiger partial charge in [0, 0.05) is 6.54 Å². The molecule has 4 nitrogen and oxygen atoms in total. The molecule has 0 spiro atoms. The summed E-state index contributed by atoms with van der Waals surface area (Å²) >= 11 is 0. The summed E-state index contributed by atoms with van der Waals surface area (Å²) in [6.45, 7) is 0.728. The number of rotatable bonds is 3. The molecule has 19 heavy (non-hydrogen) atoms. The molecule has 4 heteroatoms. The van der Waals surface area contributed by atoms with E-state index in [1.807, 2.05) is 24.3 Å². The fourth-order valence-electron chi connectivity index (χ4n) is 2.61. The predicted octanol–water partition coefficient (Wildman–Crippen LogP) is 1.89. The fourth-order valence-corrected chi connectivity index (χ4v) is 2.61. The van der Waals surface area contributed by atoms with E-state index in [2.05, 4.69) is 0 Å². The first-order valence-corrected chi connectivity index (χ1v) is 6.37. The zero-order valence-electron chi connectivity index (χ0n) is 10.6. The Bertz CT molecular complexity index is 552. The zero-order valence-corrected chi connectivity index (χ0v) is 10.6. The molecule has 1 aromatic heterocycles. The van der Waals surface area contributed by atoms with Gasteiger partial charge in [-0.1, -0.05) is 18.2 Å². The summed E-state index contributed by atoms with van der Waals surface area (Å²) in [6.07, 6.45) is 1.47. The minimum Gasteiger partial charge on any atom is -0.493 e. The van der Waals surface area contributed by atoms with Crippen molar-refractivity contribution in [1.82, 2.24) is 0 Å². The Balaban J connectivity index is 1.94. The minimum absolute atomic E-state index is 0.337. The number of nitrogens with two attached hydrogens (primary N) is 1. The molecule has 0 saturated carbocycles. The third-order valence-corrected chi connectivity index (χ3v) is 3.83. The molecule has 100 valence electrons. The van der Waals surface area contributed by atoms with E-state index in [0.717, 1.165) is 11.3 Å². The van der Waals surface area contributed by atoms with Crippen molar-refractivity contribution in [3.63, 3.8) is 0 Å². The van der Waals surface area contributed by atoms with Crippen molar-refractivity contribution in [3.8, 4) is 5.75 Å². The van der Waals surface area contributed by atoms with Crippen LogP contribution in [0.2, 0.25) is 0 Å². The topological polar surface area (TPSA) is 68.6 Å². The molecular formula is C15H17NO3. The van der Waals surface area contributed by atoms with Gasteiger partial charge < -0.3 is 20.0 Å². The van der Waals surface area contributed by atoms with Gasteiger partial charge in [0.25, 0.3) is 0 Å². The molecule has 2 unspecified atom stereocenters. The fraction of sp³-hybridized carbons (Fsp3) is 0.333. The first-order valence-electron chi connectivity index (χ1n) is 6.37. The molecule has 3 rings (SSSR count). The van der Waals surface area contributed by atoms with E-state index in [9.17, 15) is 5.11 Å². The monoisotopic (exact) mass is 259 g/mol. The molecule has 3 N–H and O–H groups in total. The number of hydrogen-bond donors (Lipinski definition) is 2. The summed E-state index contributed by atoms with van der Waals surface area (Å²) in [4.78, 5) is 0. The highest BCUT2D eigenvalue weighted by Gasteiger charge is 2.43. The zero-order chi connectivity index (χ0) is 13.3. The molecule has 0 fully saturated rings. The molecule has 0 saturated heterocycles. The number of hydrogen-bond acceptors (Lipinski definition) is 4. The number of fused-ring (bicyclic) bond motifs is 1. The lowest BCUT2D eigenvalue weighted by molar-refractivity contribution is -0.0279. The van der Waals surface area contributed by atoms with Crippen LogP contribution in [0.1, 0.15) is 17.4 Å². The predicted molar refractivity (Wildman–Crippen MR) is 70.8 cm³/mol. The average molecular weight is 259 g/mol. The largest absolute Gasteiger partial charge is 0.493 e. The van der Waals surface area contributed by atoms with E-state index in [4.69, 9.17) is 14.9 Å². The highest BCUT2D eigenvalue weighted by molar-refractivity contribution is 5.36. The maximum absolute atomic E-state index is 10.6. The molecule has 1 aliphatic heterocycles. The van der Waals surface area contributed by atoms with Crippen molar-refractivity contribution in [3.05, 3.63) is 54.0 Å². The first kappa shape index (κ1) is 12.3. The smallest absolute Gasteiger partial charge is 0.133 e. The summed E-state index contributed by atoms with van der Waals surface area (Å²) < 4.78 is 11.1. The van der Waals surface area contributed by atoms with Crippen LogP contribution in [0.25, 0.3) is 0 Å². The minimum atomic E-state index is -0.763. The number of aliphatic hydroxyl groups excluding tert-OH is 1. The summed E-state index contributed by atoms with van der Waals surface area (Å²) in [7, 11) is 0. The second kappa shape index (κ2) is 4.72. The number of para-hydroxylation sites is 1. The van der Waals surface area contributed by atoms with Crippen LogP contribution >= 0.6 is 0 Å². The van der Waals surface area contributed by atoms with Crippen molar-refractivity contribution in [2.24, 2.45) is 11.1 Å². The third kappa shape index (κ3) is 2.03. The van der Waals surface area contributed by atoms with Crippen LogP contribution in [-0.4, -0.2) is 18.3 Å². The lowest BCUT2D eigenvalue weighted by Gasteiger charge is -2.39. The van der Waals surface area contributed by atoms with Gasteiger partial charge in [-0.25, -0.2) is 0 Å². The summed E-state index contributed by atoms with van der Waals surface area (Å²) in [5, 5.41) is 10.6. The van der Waals surface area contributed by atoms with Gasteiger partial charge in [0.2, 0.25) is 0 Å². The first-order chi connectivity index (χ1) is 9.25. The number of benzene rings is 1. The Hall–Kier alpha value is -1.78. The van der Waals surface area contributed by atoms with Crippen LogP contribution in [0.3, 0.4) is 0 Å². The van der Waals surface area contributed by atoms with Crippen molar-refractivity contribution in [2.75, 3.05) is 13.2 Å². The molecule has 2 atom stereocenters. The van der Waals surface area contributed by atoms with Gasteiger partial charge in [0.05, 0.1) is 18.3 Å². The van der Waals surface area contributed by atoms with Crippen LogP contribution in [-0.2, 0) is 6.42 Å². The number of aliphatic hydroxyl groups is 1. The van der Waals surface area contributed by atoms with Crippen molar-refractivity contribution >= 4 is 0 Å². The number of ether oxygens (including phenoxy) is 1. The Labute approximate surface area is 111 Å². The Kier molecular flexibility index (Phi) is 3.05. The second-order valence-corrected chi connectivity index (χ2v) is 5.06. The van der Waals surface area contributed by atoms with E-state index < -0.39 is 11.5 Å². The molecule has 2 heterocycles. The molecule has 2 aromatic rings. The van der Waals surface area contributed by atoms with Crippen LogP contribution in [0.5, 0.6) is 5.75 Å². The molecule has 0 radical (unpaired) electrons. The van der Waals surface area contributed by atoms with Crippen molar-refractivity contribution in [2.45, 2.75) is 12.5 Å². The number of furan rings is 1. The standard InChI is InChI=1S/C15H17NO3/c16-9-15(14(17)13-6-3-7-18-13)8-11-4-1-2-5-12(11)19-10-15/h1-7,14,17H,8-10,16H2. The molecule has 1 aromatic carbocycles. The van der Waals surface area contributed by atoms with Crippen LogP contribution in [0.15, 0.2) is 47.1 Å². The van der Waals surface area contributed by atoms with E-state index in [1.54, 1.807) is 18.4 Å². The van der Waals surface area contributed by atoms with E-state index >= 15 is 0 Å². The highest BCUT2D eigenvalue weighted by atomic mass is 16.5. The van der Waals surface area contributed by atoms with Crippen molar-refractivity contribution < 1.29 is 14.3 Å². The van der Waals surface area contributed by atoms with Crippen LogP contribution in [0, 0.1) is 5.41 Å². The maximum atomic E-state index is 10.6. The van der Waals surface area contributed by atoms with Gasteiger partial charge in [-0.2, -0.15) is 0 Å². The SMILES string of the molecule is NCC1(C(O)c2ccco2)COc2ccccc2C1. The van der Waals surface area contributed by atoms with Gasteiger partial charge in [-0.05, 0) is 30.2 Å².